The fourth-order valence-corrected chi connectivity index (χ4v) is 13.0. The fraction of sp³-hybridized carbons (Fsp3) is 0.262. The van der Waals surface area contributed by atoms with Crippen LogP contribution in [0.1, 0.15) is 84.2 Å². The summed E-state index contributed by atoms with van der Waals surface area (Å²) >= 11 is 8.44. The van der Waals surface area contributed by atoms with Crippen LogP contribution >= 0.6 is 46.7 Å². The summed E-state index contributed by atoms with van der Waals surface area (Å²) in [6.45, 7) is 5.29. The molecule has 441 valence electrons. The van der Waals surface area contributed by atoms with E-state index >= 15 is 0 Å². The minimum absolute atomic E-state index is 0. The second-order valence-electron chi connectivity index (χ2n) is 18.8. The zero-order valence-electron chi connectivity index (χ0n) is 45.7. The maximum absolute atomic E-state index is 12.5. The van der Waals surface area contributed by atoms with Crippen molar-refractivity contribution >= 4 is 91.4 Å². The van der Waals surface area contributed by atoms with Gasteiger partial charge in [-0.25, -0.2) is 14.6 Å². The molecule has 0 amide bonds. The van der Waals surface area contributed by atoms with Gasteiger partial charge in [-0.3, -0.25) is 9.97 Å². The molecule has 0 bridgehead atoms. The van der Waals surface area contributed by atoms with Crippen LogP contribution in [-0.4, -0.2) is 92.1 Å². The average Bonchev–Trinajstić information content (AvgIpc) is 2.43. The summed E-state index contributed by atoms with van der Waals surface area (Å²) in [5.74, 6) is -0.521. The molecule has 0 spiro atoms. The number of aromatic nitrogens is 3. The Bertz CT molecular complexity index is 3580. The number of rotatable bonds is 19. The second kappa shape index (κ2) is 30.6. The van der Waals surface area contributed by atoms with Crippen LogP contribution in [0.3, 0.4) is 0 Å². The Hall–Kier alpha value is -7.40. The van der Waals surface area contributed by atoms with Crippen molar-refractivity contribution in [2.45, 2.75) is 76.1 Å². The Morgan fingerprint density at radius 2 is 1.51 bits per heavy atom. The predicted molar refractivity (Wildman–Crippen MR) is 328 cm³/mol. The molecule has 3 aliphatic rings. The molecule has 0 saturated carbocycles. The summed E-state index contributed by atoms with van der Waals surface area (Å²) in [6.07, 6.45) is 5.53. The number of aliphatic carboxylic acids is 1. The van der Waals surface area contributed by atoms with Crippen LogP contribution in [0.5, 0.6) is 11.5 Å². The molecule has 85 heavy (non-hydrogen) atoms. The smallest absolute Gasteiger partial charge is 0.753 e. The number of anilines is 2. The van der Waals surface area contributed by atoms with Gasteiger partial charge in [0.1, 0.15) is 42.8 Å². The summed E-state index contributed by atoms with van der Waals surface area (Å²) in [5.41, 5.74) is 20.3. The van der Waals surface area contributed by atoms with E-state index in [4.69, 9.17) is 41.2 Å². The maximum Gasteiger partial charge on any atom is 3.00 e. The molecule has 2 aromatic carbocycles. The number of nitrogens with zero attached hydrogens (tertiary/aromatic N) is 5. The molecule has 5 aromatic heterocycles. The van der Waals surface area contributed by atoms with E-state index < -0.39 is 36.3 Å². The quantitative estimate of drug-likeness (QED) is 0.0170. The average molecular weight is 1320 g/mol. The number of allylic oxidation sites excluding steroid dienone is 1. The Morgan fingerprint density at radius 3 is 2.13 bits per heavy atom. The maximum atomic E-state index is 12.5. The van der Waals surface area contributed by atoms with Crippen molar-refractivity contribution in [2.75, 3.05) is 31.3 Å². The van der Waals surface area contributed by atoms with Gasteiger partial charge in [0.2, 0.25) is 0 Å². The molecule has 5 N–H and O–H groups in total. The number of para-hydroxylation sites is 2. The van der Waals surface area contributed by atoms with E-state index in [0.717, 1.165) is 66.7 Å². The number of carboxylic acid groups (broad SMARTS) is 2. The van der Waals surface area contributed by atoms with Crippen LogP contribution in [0.4, 0.5) is 24.5 Å². The number of hydrogen-bond donors (Lipinski definition) is 3. The SMILES string of the molecule is C/C=C(\C=C(/[NH-])c1cc(C(=O)O)cc(-c2cc(-c3sc(C4=C5OCCOC5C(N(c5ccccc5)c5ccccc5)S4)c4c3OCCO4)ccn2)n1)C(=O)O.CCCCCCc1ccsc1-c1ccnc(C([NH-])CC(=N)C(F)(F)F)c1.[N-]=C=S.[Ru+3]. The predicted octanol–water partition coefficient (Wildman–Crippen LogP) is 16.4. The van der Waals surface area contributed by atoms with Gasteiger partial charge in [-0.1, -0.05) is 105 Å². The normalized spacial score (nSPS) is 15.7. The number of alkyl halides is 3. The molecule has 3 atom stereocenters. The molecular formula is C61H56F3N8O8RuS4. The Morgan fingerprint density at radius 1 is 0.871 bits per heavy atom. The van der Waals surface area contributed by atoms with Crippen LogP contribution in [-0.2, 0) is 40.2 Å². The number of carbonyl (C=O) groups is 2. The number of pyridine rings is 3. The number of nitrogens with one attached hydrogen (secondary N) is 3. The van der Waals surface area contributed by atoms with Gasteiger partial charge in [-0.15, -0.1) is 28.4 Å². The van der Waals surface area contributed by atoms with Crippen LogP contribution < -0.4 is 14.4 Å². The molecule has 0 aliphatic carbocycles. The Kier molecular flexibility index (Phi) is 23.5. The van der Waals surface area contributed by atoms with E-state index in [2.05, 4.69) is 69.3 Å². The minimum atomic E-state index is -4.68. The van der Waals surface area contributed by atoms with Crippen LogP contribution in [0, 0.1) is 5.41 Å². The number of benzene rings is 2. The van der Waals surface area contributed by atoms with Gasteiger partial charge in [-0.2, -0.15) is 18.3 Å². The monoisotopic (exact) mass is 1320 g/mol. The summed E-state index contributed by atoms with van der Waals surface area (Å²) < 4.78 is 63.1. The van der Waals surface area contributed by atoms with Gasteiger partial charge >= 0.3 is 37.6 Å². The number of unbranched alkanes of at least 4 members (excludes halogenated alkanes) is 3. The van der Waals surface area contributed by atoms with Gasteiger partial charge < -0.3 is 56.3 Å². The number of aryl methyl sites for hydroxylation is 1. The van der Waals surface area contributed by atoms with Crippen LogP contribution in [0.25, 0.3) is 59.7 Å². The molecule has 1 saturated heterocycles. The van der Waals surface area contributed by atoms with E-state index in [1.165, 1.54) is 72.7 Å². The molecule has 8 heterocycles. The number of thiocarbonyl (C=S) groups is 1. The molecule has 3 aliphatic heterocycles. The van der Waals surface area contributed by atoms with E-state index in [-0.39, 0.29) is 64.9 Å². The van der Waals surface area contributed by atoms with E-state index in [0.29, 0.717) is 43.6 Å². The van der Waals surface area contributed by atoms with Gasteiger partial charge in [-0.05, 0) is 115 Å². The summed E-state index contributed by atoms with van der Waals surface area (Å²) in [6, 6.07) is 31.0. The van der Waals surface area contributed by atoms with Crippen molar-refractivity contribution in [3.8, 4) is 43.8 Å². The van der Waals surface area contributed by atoms with Crippen molar-refractivity contribution in [1.82, 2.24) is 15.0 Å². The van der Waals surface area contributed by atoms with Gasteiger partial charge in [0.25, 0.3) is 0 Å². The molecule has 16 nitrogen and oxygen atoms in total. The van der Waals surface area contributed by atoms with Crippen molar-refractivity contribution in [3.63, 3.8) is 0 Å². The fourth-order valence-electron chi connectivity index (χ4n) is 9.26. The number of isothiocyanates is 1. The minimum Gasteiger partial charge on any atom is -0.753 e. The van der Waals surface area contributed by atoms with Crippen molar-refractivity contribution < 1.29 is 71.4 Å². The summed E-state index contributed by atoms with van der Waals surface area (Å²) in [7, 11) is 0. The molecule has 10 rings (SSSR count). The number of thiophene rings is 2. The van der Waals surface area contributed by atoms with E-state index in [9.17, 15) is 33.0 Å². The van der Waals surface area contributed by atoms with Gasteiger partial charge in [0.15, 0.2) is 11.5 Å². The zero-order valence-corrected chi connectivity index (χ0v) is 50.7. The van der Waals surface area contributed by atoms with Crippen molar-refractivity contribution in [3.05, 3.63) is 189 Å². The largest absolute Gasteiger partial charge is 3.00 e. The van der Waals surface area contributed by atoms with Crippen molar-refractivity contribution in [2.24, 2.45) is 0 Å². The number of thioether (sulfide) groups is 1. The topological polar surface area (TPSA) is 247 Å². The summed E-state index contributed by atoms with van der Waals surface area (Å²) in [5, 5.41) is 36.8. The first-order valence-corrected chi connectivity index (χ1v) is 29.5. The standard InChI is InChI=1S/C41H33N4O8S2.C19H23F3N3S.CNS.Ru/c1-2-23(40(46)47)19-28(42)29-21-25(41(48)49)22-31(44-29)30-20-24(13-14-43-30)36-32-33(51-16-15-50-32)37(54-36)38-34-35(53-18-17-52-34)39(55-38)45(26-9-5-3-6-10-26)27-11-7-4-8-12-27;1-2-3-4-5-6-13-8-10-26-18(13)14-7-9-25-16(11-14)15(23)12-17(24)19(20,21)22;2-1-3;/h2-14,19-22,35,39,42H,15-18H2,1H3,(H,46,47)(H,48,49);7-11,15,23-24H,2-6,12H2,1H3;;/q3*-1;+3/b23-2+,28-19-;;;. The molecule has 3 unspecified atom stereocenters. The molecule has 1 fully saturated rings. The summed E-state index contributed by atoms with van der Waals surface area (Å²) in [4.78, 5) is 42.7. The third-order valence-electron chi connectivity index (χ3n) is 13.2. The molecular weight excluding hydrogens is 1260 g/mol. The number of halogens is 3. The number of hydrogen-bond acceptors (Lipinski definition) is 15. The van der Waals surface area contributed by atoms with Gasteiger partial charge in [0.05, 0.1) is 43.8 Å². The zero-order chi connectivity index (χ0) is 59.9. The van der Waals surface area contributed by atoms with Crippen LogP contribution in [0.2, 0.25) is 0 Å². The number of fused-ring (bicyclic) bond motifs is 2. The molecule has 7 aromatic rings. The third kappa shape index (κ3) is 16.1. The molecule has 1 radical (unpaired) electrons. The number of ether oxygens (including phenoxy) is 4. The number of aromatic carboxylic acids is 1. The Balaban J connectivity index is 0.000000290. The first-order chi connectivity index (χ1) is 40.5. The first kappa shape index (κ1) is 65.2. The van der Waals surface area contributed by atoms with E-state index in [1.807, 2.05) is 53.9 Å². The third-order valence-corrected chi connectivity index (χ3v) is 16.9. The molecule has 24 heteroatoms. The number of carboxylic acids is 2. The van der Waals surface area contributed by atoms with E-state index in [1.54, 1.807) is 41.4 Å². The van der Waals surface area contributed by atoms with Crippen LogP contribution in [0.15, 0.2) is 144 Å². The van der Waals surface area contributed by atoms with Crippen molar-refractivity contribution in [1.29, 1.82) is 5.41 Å². The Labute approximate surface area is 519 Å². The second-order valence-corrected chi connectivity index (χ2v) is 22.1. The first-order valence-electron chi connectivity index (χ1n) is 26.5. The van der Waals surface area contributed by atoms with Gasteiger partial charge in [0, 0.05) is 40.0 Å².